The minimum absolute atomic E-state index is 0.150. The lowest BCUT2D eigenvalue weighted by Gasteiger charge is -2.39. The van der Waals surface area contributed by atoms with E-state index in [0.717, 1.165) is 37.5 Å². The van der Waals surface area contributed by atoms with Crippen molar-refractivity contribution < 1.29 is 18.7 Å². The van der Waals surface area contributed by atoms with E-state index in [-0.39, 0.29) is 19.1 Å². The van der Waals surface area contributed by atoms with Crippen molar-refractivity contribution in [2.45, 2.75) is 12.6 Å². The van der Waals surface area contributed by atoms with Crippen LogP contribution in [0.5, 0.6) is 5.75 Å². The summed E-state index contributed by atoms with van der Waals surface area (Å²) in [5, 5.41) is 5.44. The minimum atomic E-state index is -0.671. The van der Waals surface area contributed by atoms with E-state index in [2.05, 4.69) is 32.6 Å². The van der Waals surface area contributed by atoms with Crippen LogP contribution in [0.15, 0.2) is 77.4 Å². The molecule has 1 unspecified atom stereocenters. The highest BCUT2D eigenvalue weighted by molar-refractivity contribution is 6.35. The predicted octanol–water partition coefficient (Wildman–Crippen LogP) is 2.58. The molecule has 8 nitrogen and oxygen atoms in total. The third kappa shape index (κ3) is 5.96. The maximum atomic E-state index is 12.5. The van der Waals surface area contributed by atoms with E-state index in [1.165, 1.54) is 5.69 Å². The van der Waals surface area contributed by atoms with Crippen LogP contribution in [0.25, 0.3) is 0 Å². The van der Waals surface area contributed by atoms with Gasteiger partial charge >= 0.3 is 11.8 Å². The molecular formula is C26H30N4O4. The van der Waals surface area contributed by atoms with Gasteiger partial charge < -0.3 is 24.7 Å². The van der Waals surface area contributed by atoms with E-state index < -0.39 is 11.8 Å². The van der Waals surface area contributed by atoms with Crippen LogP contribution in [-0.2, 0) is 16.1 Å². The zero-order valence-corrected chi connectivity index (χ0v) is 19.3. The number of hydrogen-bond donors (Lipinski definition) is 2. The summed E-state index contributed by atoms with van der Waals surface area (Å²) in [5.41, 5.74) is 2.06. The summed E-state index contributed by atoms with van der Waals surface area (Å²) in [7, 11) is 1.59. The minimum Gasteiger partial charge on any atom is -0.497 e. The number of carbonyl (C=O) groups excluding carboxylic acids is 2. The Morgan fingerprint density at radius 3 is 2.41 bits per heavy atom. The second-order valence-corrected chi connectivity index (χ2v) is 8.13. The number of benzene rings is 2. The summed E-state index contributed by atoms with van der Waals surface area (Å²) in [6.07, 6.45) is 1.63. The number of anilines is 1. The second-order valence-electron chi connectivity index (χ2n) is 8.13. The van der Waals surface area contributed by atoms with E-state index in [0.29, 0.717) is 5.75 Å². The Labute approximate surface area is 199 Å². The summed E-state index contributed by atoms with van der Waals surface area (Å²) in [6, 6.07) is 21.3. The fourth-order valence-corrected chi connectivity index (χ4v) is 4.14. The van der Waals surface area contributed by atoms with Crippen molar-refractivity contribution in [3.05, 3.63) is 84.3 Å². The SMILES string of the molecule is COc1cccc(CNC(=O)C(=O)NCC(c2ccco2)N2CCN(c3ccccc3)CC2)c1. The van der Waals surface area contributed by atoms with Crippen molar-refractivity contribution in [1.82, 2.24) is 15.5 Å². The molecule has 1 atom stereocenters. The van der Waals surface area contributed by atoms with E-state index in [9.17, 15) is 9.59 Å². The standard InChI is InChI=1S/C26H30N4O4/c1-33-22-10-5-7-20(17-22)18-27-25(31)26(32)28-19-23(24-11-6-16-34-24)30-14-12-29(13-15-30)21-8-3-2-4-9-21/h2-11,16-17,23H,12-15,18-19H2,1H3,(H,27,31)(H,28,32). The smallest absolute Gasteiger partial charge is 0.309 e. The average molecular weight is 463 g/mol. The van der Waals surface area contributed by atoms with Crippen LogP contribution in [0.4, 0.5) is 5.69 Å². The van der Waals surface area contributed by atoms with Gasteiger partial charge in [-0.05, 0) is 42.0 Å². The molecule has 178 valence electrons. The van der Waals surface area contributed by atoms with Gasteiger partial charge in [-0.3, -0.25) is 14.5 Å². The van der Waals surface area contributed by atoms with Gasteiger partial charge in [0.15, 0.2) is 0 Å². The molecule has 0 radical (unpaired) electrons. The van der Waals surface area contributed by atoms with Gasteiger partial charge in [-0.15, -0.1) is 0 Å². The fraction of sp³-hybridized carbons (Fsp3) is 0.308. The quantitative estimate of drug-likeness (QED) is 0.501. The first-order valence-electron chi connectivity index (χ1n) is 11.4. The van der Waals surface area contributed by atoms with E-state index in [4.69, 9.17) is 9.15 Å². The zero-order chi connectivity index (χ0) is 23.8. The Hall–Kier alpha value is -3.78. The molecule has 0 saturated carbocycles. The molecule has 3 aromatic rings. The summed E-state index contributed by atoms with van der Waals surface area (Å²) in [5.74, 6) is 0.132. The number of piperazine rings is 1. The molecule has 2 N–H and O–H groups in total. The van der Waals surface area contributed by atoms with Crippen LogP contribution in [-0.4, -0.2) is 56.5 Å². The summed E-state index contributed by atoms with van der Waals surface area (Å²) < 4.78 is 10.9. The number of nitrogens with one attached hydrogen (secondary N) is 2. The maximum Gasteiger partial charge on any atom is 0.309 e. The van der Waals surface area contributed by atoms with Gasteiger partial charge in [-0.25, -0.2) is 0 Å². The first kappa shape index (κ1) is 23.4. The Kier molecular flexibility index (Phi) is 7.83. The van der Waals surface area contributed by atoms with Crippen LogP contribution < -0.4 is 20.3 Å². The number of furan rings is 1. The van der Waals surface area contributed by atoms with Crippen LogP contribution in [0.2, 0.25) is 0 Å². The molecule has 1 saturated heterocycles. The molecule has 4 rings (SSSR count). The molecule has 8 heteroatoms. The summed E-state index contributed by atoms with van der Waals surface area (Å²) >= 11 is 0. The number of nitrogens with zero attached hydrogens (tertiary/aromatic N) is 2. The Bertz CT molecular complexity index is 1060. The summed E-state index contributed by atoms with van der Waals surface area (Å²) in [6.45, 7) is 3.90. The van der Waals surface area contributed by atoms with E-state index in [1.807, 2.05) is 54.6 Å². The highest BCUT2D eigenvalue weighted by atomic mass is 16.5. The third-order valence-corrected chi connectivity index (χ3v) is 6.00. The van der Waals surface area contributed by atoms with Crippen molar-refractivity contribution in [1.29, 1.82) is 0 Å². The summed E-state index contributed by atoms with van der Waals surface area (Å²) in [4.78, 5) is 29.5. The van der Waals surface area contributed by atoms with Gasteiger partial charge in [0.25, 0.3) is 0 Å². The molecule has 2 heterocycles. The average Bonchev–Trinajstić information content (AvgIpc) is 3.43. The lowest BCUT2D eigenvalue weighted by Crippen LogP contribution is -2.50. The molecule has 1 fully saturated rings. The van der Waals surface area contributed by atoms with Crippen LogP contribution in [0.3, 0.4) is 0 Å². The predicted molar refractivity (Wildman–Crippen MR) is 130 cm³/mol. The maximum absolute atomic E-state index is 12.5. The molecule has 34 heavy (non-hydrogen) atoms. The van der Waals surface area contributed by atoms with Crippen molar-refractivity contribution >= 4 is 17.5 Å². The number of carbonyl (C=O) groups is 2. The van der Waals surface area contributed by atoms with Gasteiger partial charge in [0.1, 0.15) is 11.5 Å². The number of para-hydroxylation sites is 1. The molecule has 0 spiro atoms. The number of rotatable bonds is 8. The van der Waals surface area contributed by atoms with Gasteiger partial charge in [0.2, 0.25) is 0 Å². The lowest BCUT2D eigenvalue weighted by molar-refractivity contribution is -0.139. The molecule has 1 aliphatic heterocycles. The Balaban J connectivity index is 1.31. The number of ether oxygens (including phenoxy) is 1. The first-order chi connectivity index (χ1) is 16.6. The Morgan fingerprint density at radius 1 is 0.941 bits per heavy atom. The first-order valence-corrected chi connectivity index (χ1v) is 11.4. The van der Waals surface area contributed by atoms with Crippen LogP contribution in [0, 0.1) is 0 Å². The van der Waals surface area contributed by atoms with Gasteiger partial charge in [-0.2, -0.15) is 0 Å². The third-order valence-electron chi connectivity index (χ3n) is 6.00. The highest BCUT2D eigenvalue weighted by Gasteiger charge is 2.28. The second kappa shape index (κ2) is 11.4. The largest absolute Gasteiger partial charge is 0.497 e. The monoisotopic (exact) mass is 462 g/mol. The number of amides is 2. The van der Waals surface area contributed by atoms with E-state index in [1.54, 1.807) is 13.4 Å². The number of hydrogen-bond acceptors (Lipinski definition) is 6. The molecule has 0 aliphatic carbocycles. The highest BCUT2D eigenvalue weighted by Crippen LogP contribution is 2.24. The Morgan fingerprint density at radius 2 is 1.71 bits per heavy atom. The lowest BCUT2D eigenvalue weighted by atomic mass is 10.1. The van der Waals surface area contributed by atoms with Crippen molar-refractivity contribution in [2.75, 3.05) is 44.7 Å². The van der Waals surface area contributed by atoms with Crippen LogP contribution in [0.1, 0.15) is 17.4 Å². The van der Waals surface area contributed by atoms with Crippen LogP contribution >= 0.6 is 0 Å². The molecule has 2 amide bonds. The zero-order valence-electron chi connectivity index (χ0n) is 19.3. The van der Waals surface area contributed by atoms with E-state index >= 15 is 0 Å². The van der Waals surface area contributed by atoms with Crippen molar-refractivity contribution in [3.63, 3.8) is 0 Å². The molecular weight excluding hydrogens is 432 g/mol. The molecule has 1 aromatic heterocycles. The number of methoxy groups -OCH3 is 1. The van der Waals surface area contributed by atoms with Gasteiger partial charge in [0, 0.05) is 45.0 Å². The molecule has 1 aliphatic rings. The topological polar surface area (TPSA) is 87.0 Å². The van der Waals surface area contributed by atoms with Gasteiger partial charge in [0.05, 0.1) is 19.4 Å². The van der Waals surface area contributed by atoms with Gasteiger partial charge in [-0.1, -0.05) is 30.3 Å². The molecule has 2 aromatic carbocycles. The van der Waals surface area contributed by atoms with Crippen molar-refractivity contribution in [3.8, 4) is 5.75 Å². The fourth-order valence-electron chi connectivity index (χ4n) is 4.14. The normalized spacial score (nSPS) is 14.9. The van der Waals surface area contributed by atoms with Crippen molar-refractivity contribution in [2.24, 2.45) is 0 Å². The molecule has 0 bridgehead atoms.